The van der Waals surface area contributed by atoms with Crippen molar-refractivity contribution in [1.29, 1.82) is 0 Å². The Kier molecular flexibility index (Phi) is 7.78. The molecule has 0 aliphatic heterocycles. The Balaban J connectivity index is 0.00000156. The summed E-state index contributed by atoms with van der Waals surface area (Å²) in [6, 6.07) is 29.9. The third kappa shape index (κ3) is 5.75. The van der Waals surface area contributed by atoms with E-state index < -0.39 is 0 Å². The molecule has 180 valence electrons. The molecule has 5 rings (SSSR count). The third-order valence-electron chi connectivity index (χ3n) is 5.68. The number of hydrogen-bond donors (Lipinski definition) is 1. The summed E-state index contributed by atoms with van der Waals surface area (Å²) in [5.74, 6) is 7.10. The molecule has 0 bridgehead atoms. The minimum absolute atomic E-state index is 0.132. The zero-order valence-corrected chi connectivity index (χ0v) is 20.6. The highest BCUT2D eigenvalue weighted by Gasteiger charge is 2.13. The molecular weight excluding hydrogens is 456 g/mol. The normalized spacial score (nSPS) is 10.4. The summed E-state index contributed by atoms with van der Waals surface area (Å²) in [6.07, 6.45) is 3.70. The summed E-state index contributed by atoms with van der Waals surface area (Å²) in [6.45, 7) is 7.97. The van der Waals surface area contributed by atoms with Crippen molar-refractivity contribution in [3.05, 3.63) is 149 Å². The first-order chi connectivity index (χ1) is 18.1. The molecule has 0 aliphatic carbocycles. The number of hydrogen-bond acceptors (Lipinski definition) is 3. The molecule has 0 fully saturated rings. The predicted molar refractivity (Wildman–Crippen MR) is 153 cm³/mol. The van der Waals surface area contributed by atoms with Crippen LogP contribution in [-0.2, 0) is 0 Å². The van der Waals surface area contributed by atoms with Crippen molar-refractivity contribution in [2.45, 2.75) is 6.92 Å². The van der Waals surface area contributed by atoms with Crippen molar-refractivity contribution in [1.82, 2.24) is 9.55 Å². The van der Waals surface area contributed by atoms with Crippen LogP contribution in [0.25, 0.3) is 28.7 Å². The average molecular weight is 483 g/mol. The number of aromatic hydroxyl groups is 1. The number of aromatic nitrogens is 2. The highest BCUT2D eigenvalue weighted by atomic mass is 16.3. The molecule has 0 atom stereocenters. The Labute approximate surface area is 216 Å². The second-order valence-electron chi connectivity index (χ2n) is 8.17. The summed E-state index contributed by atoms with van der Waals surface area (Å²) in [5.41, 5.74) is 4.89. The molecule has 1 heterocycles. The van der Waals surface area contributed by atoms with Crippen LogP contribution in [0.5, 0.6) is 5.75 Å². The molecule has 0 radical (unpaired) electrons. The molecule has 0 saturated carbocycles. The average Bonchev–Trinajstić information content (AvgIpc) is 2.94. The van der Waals surface area contributed by atoms with Crippen molar-refractivity contribution in [2.75, 3.05) is 0 Å². The molecule has 37 heavy (non-hydrogen) atoms. The van der Waals surface area contributed by atoms with Gasteiger partial charge in [0.2, 0.25) is 0 Å². The van der Waals surface area contributed by atoms with Gasteiger partial charge >= 0.3 is 0 Å². The zero-order chi connectivity index (χ0) is 26.2. The van der Waals surface area contributed by atoms with Gasteiger partial charge in [-0.25, -0.2) is 4.98 Å². The lowest BCUT2D eigenvalue weighted by Gasteiger charge is -2.14. The fourth-order valence-corrected chi connectivity index (χ4v) is 3.90. The molecule has 0 aliphatic rings. The Bertz CT molecular complexity index is 1690. The van der Waals surface area contributed by atoms with Gasteiger partial charge in [-0.05, 0) is 78.7 Å². The van der Waals surface area contributed by atoms with Gasteiger partial charge in [0.25, 0.3) is 5.56 Å². The van der Waals surface area contributed by atoms with Gasteiger partial charge in [0.1, 0.15) is 11.6 Å². The minimum Gasteiger partial charge on any atom is -0.508 e. The van der Waals surface area contributed by atoms with Crippen LogP contribution in [0.3, 0.4) is 0 Å². The van der Waals surface area contributed by atoms with Gasteiger partial charge in [-0.15, -0.1) is 13.2 Å². The lowest BCUT2D eigenvalue weighted by Crippen LogP contribution is -2.23. The van der Waals surface area contributed by atoms with Crippen molar-refractivity contribution in [3.8, 4) is 23.3 Å². The van der Waals surface area contributed by atoms with Crippen LogP contribution in [0.4, 0.5) is 0 Å². The highest BCUT2D eigenvalue weighted by Crippen LogP contribution is 2.20. The van der Waals surface area contributed by atoms with Gasteiger partial charge in [-0.2, -0.15) is 0 Å². The van der Waals surface area contributed by atoms with E-state index in [1.54, 1.807) is 34.9 Å². The van der Waals surface area contributed by atoms with Gasteiger partial charge in [-0.3, -0.25) is 9.36 Å². The molecule has 0 amide bonds. The zero-order valence-electron chi connectivity index (χ0n) is 20.6. The summed E-state index contributed by atoms with van der Waals surface area (Å²) in [5, 5.41) is 10.1. The number of para-hydroxylation sites is 1. The molecule has 4 aromatic carbocycles. The molecule has 0 unspecified atom stereocenters. The lowest BCUT2D eigenvalue weighted by molar-refractivity contribution is 0.475. The summed E-state index contributed by atoms with van der Waals surface area (Å²) >= 11 is 0. The number of benzene rings is 4. The smallest absolute Gasteiger partial charge is 0.266 e. The quantitative estimate of drug-likeness (QED) is 0.228. The summed E-state index contributed by atoms with van der Waals surface area (Å²) in [4.78, 5) is 18.4. The number of nitrogens with zero attached hydrogens (tertiary/aromatic N) is 2. The second kappa shape index (κ2) is 11.5. The van der Waals surface area contributed by atoms with Gasteiger partial charge < -0.3 is 5.11 Å². The molecule has 1 N–H and O–H groups in total. The van der Waals surface area contributed by atoms with E-state index in [1.165, 1.54) is 0 Å². The molecule has 4 heteroatoms. The van der Waals surface area contributed by atoms with Crippen LogP contribution in [-0.4, -0.2) is 14.7 Å². The van der Waals surface area contributed by atoms with E-state index in [1.807, 2.05) is 85.8 Å². The second-order valence-corrected chi connectivity index (χ2v) is 8.17. The van der Waals surface area contributed by atoms with Crippen molar-refractivity contribution in [3.63, 3.8) is 0 Å². The van der Waals surface area contributed by atoms with E-state index in [4.69, 9.17) is 4.98 Å². The van der Waals surface area contributed by atoms with E-state index in [2.05, 4.69) is 25.0 Å². The number of aryl methyl sites for hydroxylation is 1. The highest BCUT2D eigenvalue weighted by molar-refractivity contribution is 5.80. The van der Waals surface area contributed by atoms with E-state index in [-0.39, 0.29) is 11.3 Å². The molecule has 0 saturated heterocycles. The van der Waals surface area contributed by atoms with Crippen molar-refractivity contribution in [2.24, 2.45) is 0 Å². The van der Waals surface area contributed by atoms with Gasteiger partial charge in [0, 0.05) is 11.1 Å². The lowest BCUT2D eigenvalue weighted by atomic mass is 10.1. The van der Waals surface area contributed by atoms with E-state index >= 15 is 0 Å². The predicted octanol–water partition coefficient (Wildman–Crippen LogP) is 6.77. The van der Waals surface area contributed by atoms with Crippen LogP contribution in [0, 0.1) is 18.8 Å². The largest absolute Gasteiger partial charge is 0.508 e. The van der Waals surface area contributed by atoms with E-state index in [0.29, 0.717) is 16.7 Å². The SMILES string of the molecule is C=C.Cc1cc(C#Cc2ccccc2)ccc1-n1c(/C=C/c2ccc(O)cc2)nc2ccccc2c1=O. The molecule has 0 spiro atoms. The van der Waals surface area contributed by atoms with E-state index in [0.717, 1.165) is 27.9 Å². The Morgan fingerprint density at radius 1 is 0.811 bits per heavy atom. The first kappa shape index (κ1) is 25.0. The number of phenols is 1. The molecule has 1 aromatic heterocycles. The number of fused-ring (bicyclic) bond motifs is 1. The molecule has 4 nitrogen and oxygen atoms in total. The summed E-state index contributed by atoms with van der Waals surface area (Å²) in [7, 11) is 0. The monoisotopic (exact) mass is 482 g/mol. The van der Waals surface area contributed by atoms with Crippen molar-refractivity contribution < 1.29 is 5.11 Å². The Morgan fingerprint density at radius 3 is 2.22 bits per heavy atom. The fourth-order valence-electron chi connectivity index (χ4n) is 3.90. The topological polar surface area (TPSA) is 55.1 Å². The van der Waals surface area contributed by atoms with Gasteiger partial charge in [0.05, 0.1) is 16.6 Å². The van der Waals surface area contributed by atoms with Gasteiger partial charge in [0.15, 0.2) is 0 Å². The number of phenolic OH excluding ortho intramolecular Hbond substituents is 1. The third-order valence-corrected chi connectivity index (χ3v) is 5.68. The molecular formula is C33H26N2O2. The molecule has 5 aromatic rings. The minimum atomic E-state index is -0.132. The Morgan fingerprint density at radius 2 is 1.49 bits per heavy atom. The van der Waals surface area contributed by atoms with E-state index in [9.17, 15) is 9.90 Å². The maximum Gasteiger partial charge on any atom is 0.266 e. The maximum atomic E-state index is 13.6. The van der Waals surface area contributed by atoms with Crippen LogP contribution >= 0.6 is 0 Å². The first-order valence-electron chi connectivity index (χ1n) is 11.8. The van der Waals surface area contributed by atoms with Crippen LogP contribution < -0.4 is 5.56 Å². The standard InChI is InChI=1S/C31H22N2O2.C2H4/c1-22-21-25(12-11-23-7-3-2-4-8-23)15-19-29(22)33-30(20-16-24-13-17-26(34)18-14-24)32-28-10-6-5-9-27(28)31(33)35;1-2/h2-10,13-21,34H,1H3;1-2H2/b20-16+;. The van der Waals surface area contributed by atoms with Gasteiger partial charge in [-0.1, -0.05) is 60.4 Å². The van der Waals surface area contributed by atoms with Crippen LogP contribution in [0.15, 0.2) is 115 Å². The summed E-state index contributed by atoms with van der Waals surface area (Å²) < 4.78 is 1.64. The Hall–Kier alpha value is -5.14. The fraction of sp³-hybridized carbons (Fsp3) is 0.0303. The van der Waals surface area contributed by atoms with Crippen LogP contribution in [0.1, 0.15) is 28.1 Å². The number of rotatable bonds is 3. The maximum absolute atomic E-state index is 13.6. The van der Waals surface area contributed by atoms with Crippen molar-refractivity contribution >= 4 is 23.1 Å². The van der Waals surface area contributed by atoms with Crippen LogP contribution in [0.2, 0.25) is 0 Å². The first-order valence-corrected chi connectivity index (χ1v) is 11.8.